The summed E-state index contributed by atoms with van der Waals surface area (Å²) in [6.07, 6.45) is 22.6. The summed E-state index contributed by atoms with van der Waals surface area (Å²) in [5.74, 6) is 0. The fourth-order valence-corrected chi connectivity index (χ4v) is 8.99. The van der Waals surface area contributed by atoms with Crippen molar-refractivity contribution in [1.29, 1.82) is 0 Å². The van der Waals surface area contributed by atoms with Crippen LogP contribution < -0.4 is 5.32 Å². The number of hydrogen-bond acceptors (Lipinski definition) is 6. The number of nitrogens with one attached hydrogen (secondary N) is 1. The van der Waals surface area contributed by atoms with Crippen molar-refractivity contribution in [3.8, 4) is 0 Å². The highest BCUT2D eigenvalue weighted by Gasteiger charge is 2.38. The number of fused-ring (bicyclic) bond motifs is 1. The van der Waals surface area contributed by atoms with E-state index in [4.69, 9.17) is 0 Å². The molecular formula is C27H47N3O4S3. The van der Waals surface area contributed by atoms with Crippen molar-refractivity contribution in [2.45, 2.75) is 118 Å². The van der Waals surface area contributed by atoms with E-state index in [2.05, 4.69) is 28.8 Å². The van der Waals surface area contributed by atoms with Gasteiger partial charge in [0.25, 0.3) is 20.0 Å². The summed E-state index contributed by atoms with van der Waals surface area (Å²) in [6, 6.07) is 1.25. The molecule has 1 N–H and O–H groups in total. The van der Waals surface area contributed by atoms with Gasteiger partial charge in [-0.25, -0.2) is 8.42 Å². The van der Waals surface area contributed by atoms with Gasteiger partial charge in [0.05, 0.1) is 0 Å². The first kappa shape index (κ1) is 32.1. The summed E-state index contributed by atoms with van der Waals surface area (Å²) in [7, 11) is -6.07. The van der Waals surface area contributed by atoms with Gasteiger partial charge in [0.2, 0.25) is 0 Å². The van der Waals surface area contributed by atoms with E-state index in [9.17, 15) is 16.8 Å². The normalized spacial score (nSPS) is 18.2. The molecule has 2 heterocycles. The van der Waals surface area contributed by atoms with Gasteiger partial charge in [-0.1, -0.05) is 77.4 Å². The molecule has 212 valence electrons. The zero-order chi connectivity index (χ0) is 27.2. The molecule has 0 fully saturated rings. The number of nitrogens with zero attached hydrogens (tertiary/aromatic N) is 2. The lowest BCUT2D eigenvalue weighted by Gasteiger charge is -2.29. The lowest BCUT2D eigenvalue weighted by molar-refractivity contribution is 0.385. The lowest BCUT2D eigenvalue weighted by Crippen LogP contribution is -2.40. The maximum Gasteiger partial charge on any atom is 0.291 e. The molecule has 2 rings (SSSR count). The second-order valence-electron chi connectivity index (χ2n) is 9.84. The van der Waals surface area contributed by atoms with E-state index in [1.54, 1.807) is 0 Å². The van der Waals surface area contributed by atoms with E-state index in [0.717, 1.165) is 37.0 Å². The van der Waals surface area contributed by atoms with E-state index in [1.165, 1.54) is 81.4 Å². The Bertz CT molecular complexity index is 1060. The quantitative estimate of drug-likeness (QED) is 0.111. The van der Waals surface area contributed by atoms with Crippen molar-refractivity contribution in [2.75, 3.05) is 20.1 Å². The maximum absolute atomic E-state index is 12.7. The highest BCUT2D eigenvalue weighted by atomic mass is 32.3. The highest BCUT2D eigenvalue weighted by Crippen LogP contribution is 2.40. The average Bonchev–Trinajstić information content (AvgIpc) is 3.33. The Morgan fingerprint density at radius 2 is 1.54 bits per heavy atom. The largest absolute Gasteiger partial charge is 0.309 e. The van der Waals surface area contributed by atoms with Gasteiger partial charge in [0, 0.05) is 31.4 Å². The van der Waals surface area contributed by atoms with Crippen molar-refractivity contribution in [1.82, 2.24) is 9.62 Å². The summed E-state index contributed by atoms with van der Waals surface area (Å²) in [5, 5.41) is 3.24. The smallest absolute Gasteiger partial charge is 0.291 e. The van der Waals surface area contributed by atoms with Crippen LogP contribution in [-0.2, 0) is 20.0 Å². The number of unbranched alkanes of at least 4 members (excludes halogenated alkanes) is 12. The molecule has 7 nitrogen and oxygen atoms in total. The molecule has 37 heavy (non-hydrogen) atoms. The number of sulfonamides is 2. The molecule has 0 saturated carbocycles. The van der Waals surface area contributed by atoms with Gasteiger partial charge >= 0.3 is 0 Å². The fourth-order valence-electron chi connectivity index (χ4n) is 4.46. The van der Waals surface area contributed by atoms with Crippen LogP contribution in [0.15, 0.2) is 31.0 Å². The molecule has 0 bridgehead atoms. The Hall–Kier alpha value is -1.07. The second kappa shape index (κ2) is 16.8. The first-order valence-electron chi connectivity index (χ1n) is 14.0. The van der Waals surface area contributed by atoms with E-state index in [0.29, 0.717) is 18.5 Å². The monoisotopic (exact) mass is 573 g/mol. The number of rotatable bonds is 19. The van der Waals surface area contributed by atoms with Gasteiger partial charge in [0.15, 0.2) is 0 Å². The predicted octanol–water partition coefficient (Wildman–Crippen LogP) is 6.83. The van der Waals surface area contributed by atoms with Crippen LogP contribution in [0.5, 0.6) is 0 Å². The van der Waals surface area contributed by atoms with Crippen LogP contribution in [0.1, 0.15) is 115 Å². The average molecular weight is 574 g/mol. The third kappa shape index (κ3) is 10.5. The Kier molecular flexibility index (Phi) is 14.6. The molecule has 0 saturated heterocycles. The molecule has 1 atom stereocenters. The highest BCUT2D eigenvalue weighted by molar-refractivity contribution is 7.94. The van der Waals surface area contributed by atoms with Crippen LogP contribution in [0.3, 0.4) is 0 Å². The molecule has 0 unspecified atom stereocenters. The number of allylic oxidation sites excluding steroid dienone is 2. The van der Waals surface area contributed by atoms with Crippen LogP contribution in [-0.4, -0.2) is 47.5 Å². The van der Waals surface area contributed by atoms with E-state index >= 15 is 0 Å². The molecule has 10 heteroatoms. The van der Waals surface area contributed by atoms with Crippen molar-refractivity contribution in [3.63, 3.8) is 0 Å². The third-order valence-electron chi connectivity index (χ3n) is 6.68. The van der Waals surface area contributed by atoms with Gasteiger partial charge in [-0.2, -0.15) is 17.1 Å². The lowest BCUT2D eigenvalue weighted by atomic mass is 10.1. The summed E-state index contributed by atoms with van der Waals surface area (Å²) in [5.41, 5.74) is 0.524. The maximum atomic E-state index is 12.7. The number of likely N-dealkylation sites (N-methyl/N-ethyl adjacent to an activating group) is 2. The van der Waals surface area contributed by atoms with Gasteiger partial charge in [-0.05, 0) is 51.1 Å². The van der Waals surface area contributed by atoms with Gasteiger partial charge in [0.1, 0.15) is 8.42 Å². The number of hydrogen-bond donors (Lipinski definition) is 1. The van der Waals surface area contributed by atoms with Gasteiger partial charge < -0.3 is 5.32 Å². The molecule has 0 aliphatic carbocycles. The molecule has 1 aliphatic heterocycles. The minimum atomic E-state index is -3.91. The minimum absolute atomic E-state index is 0.0138. The van der Waals surface area contributed by atoms with Gasteiger partial charge in [-0.15, -0.1) is 11.3 Å². The SMILES string of the molecule is CCCCCCCC/C=C/CCCCCCCC=NS(=O)(=O)c1cc2c(s1)S(=O)(=O)N(C)C[C@@H]2NCC. The first-order valence-corrected chi connectivity index (χ1v) is 17.7. The molecule has 0 aromatic carbocycles. The summed E-state index contributed by atoms with van der Waals surface area (Å²) >= 11 is 0.795. The van der Waals surface area contributed by atoms with Crippen LogP contribution in [0.25, 0.3) is 0 Å². The van der Waals surface area contributed by atoms with Crippen LogP contribution >= 0.6 is 11.3 Å². The second-order valence-corrected chi connectivity index (χ2v) is 15.0. The molecule has 0 spiro atoms. The third-order valence-corrected chi connectivity index (χ3v) is 11.9. The molecule has 0 amide bonds. The van der Waals surface area contributed by atoms with Crippen molar-refractivity contribution < 1.29 is 16.8 Å². The Labute approximate surface area is 229 Å². The molecule has 1 aliphatic rings. The minimum Gasteiger partial charge on any atom is -0.309 e. The zero-order valence-corrected chi connectivity index (χ0v) is 25.4. The molecular weight excluding hydrogens is 527 g/mol. The predicted molar refractivity (Wildman–Crippen MR) is 156 cm³/mol. The zero-order valence-electron chi connectivity index (χ0n) is 23.0. The van der Waals surface area contributed by atoms with E-state index in [1.807, 2.05) is 6.92 Å². The standard InChI is InChI=1S/C27H47N3O4S3/c1-4-6-7-8-9-10-11-12-13-14-15-16-17-18-19-20-21-29-36(31,32)26-22-24-25(28-5-2)23-30(3)37(33,34)27(24)35-26/h12-13,21-22,25,28H,4-11,14-20,23H2,1-3H3/b13-12+,29-21?/t25-/m0/s1. The summed E-state index contributed by atoms with van der Waals surface area (Å²) in [6.45, 7) is 5.12. The molecule has 1 aromatic rings. The summed E-state index contributed by atoms with van der Waals surface area (Å²) in [4.78, 5) is 0. The molecule has 0 radical (unpaired) electrons. The molecule has 1 aromatic heterocycles. The Morgan fingerprint density at radius 1 is 0.973 bits per heavy atom. The van der Waals surface area contributed by atoms with E-state index in [-0.39, 0.29) is 21.0 Å². The first-order chi connectivity index (χ1) is 17.7. The van der Waals surface area contributed by atoms with E-state index < -0.39 is 20.0 Å². The van der Waals surface area contributed by atoms with Crippen molar-refractivity contribution >= 4 is 37.6 Å². The van der Waals surface area contributed by atoms with Crippen molar-refractivity contribution in [3.05, 3.63) is 23.8 Å². The van der Waals surface area contributed by atoms with Crippen LogP contribution in [0.2, 0.25) is 0 Å². The van der Waals surface area contributed by atoms with Crippen LogP contribution in [0, 0.1) is 0 Å². The van der Waals surface area contributed by atoms with Crippen LogP contribution in [0.4, 0.5) is 0 Å². The Balaban J connectivity index is 1.67. The number of thiophene rings is 1. The fraction of sp³-hybridized carbons (Fsp3) is 0.741. The van der Waals surface area contributed by atoms with Gasteiger partial charge in [-0.3, -0.25) is 0 Å². The summed E-state index contributed by atoms with van der Waals surface area (Å²) < 4.78 is 56.1. The topological polar surface area (TPSA) is 95.9 Å². The Morgan fingerprint density at radius 3 is 2.14 bits per heavy atom. The van der Waals surface area contributed by atoms with Crippen molar-refractivity contribution in [2.24, 2.45) is 4.40 Å².